The number of fused-ring (bicyclic) bond motifs is 12. The number of halogens is 3. The number of carbonyl (C=O) groups is 9. The van der Waals surface area contributed by atoms with Crippen LogP contribution >= 0.6 is 0 Å². The van der Waals surface area contributed by atoms with E-state index in [1.165, 1.54) is 15.6 Å². The van der Waals surface area contributed by atoms with Crippen LogP contribution in [0.3, 0.4) is 0 Å². The van der Waals surface area contributed by atoms with Crippen molar-refractivity contribution in [3.8, 4) is 17.1 Å². The van der Waals surface area contributed by atoms with Gasteiger partial charge in [0.25, 0.3) is 0 Å². The minimum atomic E-state index is -4.58. The molecule has 3 spiro atoms. The number of imide groups is 6. The SMILES string of the molecule is C[C@@H]1CN2c3ccc(-n4cnc(C(F)(F)F)c4)cc3CC3(C(=O)NC(=O)NC3=O)[C@H]2[C@H](C)O1.C[C@@H]1CN2c3ccc(-n4cnnn4)cc3CC3(C(=O)NC(=O)NC3=O)[C@H]2[C@H](C)O1.Cc1cn(-c2ccc3c(c2)CC2(C(=O)NC(=O)NC2=O)[C@H]2[C@H](C)O[C@H](C)CN32)nn1. The van der Waals surface area contributed by atoms with Gasteiger partial charge in [0.15, 0.2) is 21.9 Å². The number of anilines is 3. The van der Waals surface area contributed by atoms with E-state index in [1.807, 2.05) is 82.8 Å². The fourth-order valence-electron chi connectivity index (χ4n) is 15.1. The van der Waals surface area contributed by atoms with E-state index in [1.54, 1.807) is 36.0 Å². The summed E-state index contributed by atoms with van der Waals surface area (Å²) in [6, 6.07) is 12.4. The zero-order valence-electron chi connectivity index (χ0n) is 50.3. The summed E-state index contributed by atoms with van der Waals surface area (Å²) in [5, 5.41) is 32.9. The second-order valence-corrected chi connectivity index (χ2v) is 24.6. The molecule has 12 amide bonds. The number of hydrogen-bond acceptors (Lipinski definition) is 21. The zero-order chi connectivity index (χ0) is 65.2. The van der Waals surface area contributed by atoms with Crippen LogP contribution < -0.4 is 46.6 Å². The summed E-state index contributed by atoms with van der Waals surface area (Å²) in [6.07, 6.45) is -0.774. The number of carbonyl (C=O) groups excluding carboxylic acids is 9. The van der Waals surface area contributed by atoms with Gasteiger partial charge in [-0.2, -0.15) is 13.2 Å². The fourth-order valence-corrected chi connectivity index (χ4v) is 15.1. The maximum Gasteiger partial charge on any atom is 0.434 e. The molecule has 6 fully saturated rings. The van der Waals surface area contributed by atoms with E-state index in [0.717, 1.165) is 52.1 Å². The Bertz CT molecular complexity index is 4040. The third kappa shape index (κ3) is 9.86. The average Bonchev–Trinajstić information content (AvgIpc) is 0.830. The molecule has 0 radical (unpaired) electrons. The largest absolute Gasteiger partial charge is 0.434 e. The Kier molecular flexibility index (Phi) is 14.6. The molecule has 3 aromatic carbocycles. The van der Waals surface area contributed by atoms with E-state index in [2.05, 4.69) is 72.5 Å². The summed E-state index contributed by atoms with van der Waals surface area (Å²) in [4.78, 5) is 123. The quantitative estimate of drug-likeness (QED) is 0.138. The number of rotatable bonds is 3. The highest BCUT2D eigenvalue weighted by molar-refractivity contribution is 6.22. The van der Waals surface area contributed by atoms with Crippen molar-refractivity contribution in [2.24, 2.45) is 16.2 Å². The maximum atomic E-state index is 13.1. The molecule has 3 aromatic heterocycles. The number of urea groups is 3. The van der Waals surface area contributed by atoms with Gasteiger partial charge in [-0.25, -0.2) is 28.7 Å². The lowest BCUT2D eigenvalue weighted by molar-refractivity contribution is -0.154. The number of alkyl halides is 3. The second-order valence-electron chi connectivity index (χ2n) is 24.6. The summed E-state index contributed by atoms with van der Waals surface area (Å²) >= 11 is 0. The van der Waals surface area contributed by atoms with Crippen molar-refractivity contribution < 1.29 is 70.5 Å². The van der Waals surface area contributed by atoms with Gasteiger partial charge in [0.2, 0.25) is 35.4 Å². The van der Waals surface area contributed by atoms with Gasteiger partial charge in [-0.05, 0) is 149 Å². The van der Waals surface area contributed by atoms with Gasteiger partial charge in [-0.1, -0.05) is 5.21 Å². The third-order valence-corrected chi connectivity index (χ3v) is 18.5. The lowest BCUT2D eigenvalue weighted by Crippen LogP contribution is -2.75. The number of ether oxygens (including phenoxy) is 3. The first-order chi connectivity index (χ1) is 43.7. The van der Waals surface area contributed by atoms with Crippen LogP contribution in [0.1, 0.15) is 69.6 Å². The number of nitrogens with one attached hydrogen (secondary N) is 6. The molecule has 12 heterocycles. The smallest absolute Gasteiger partial charge is 0.372 e. The summed E-state index contributed by atoms with van der Waals surface area (Å²) < 4.78 is 61.3. The molecule has 0 unspecified atom stereocenters. The topological polar surface area (TPSA) is 355 Å². The minimum absolute atomic E-state index is 0.0504. The highest BCUT2D eigenvalue weighted by atomic mass is 19.4. The summed E-state index contributed by atoms with van der Waals surface area (Å²) in [7, 11) is 0. The van der Waals surface area contributed by atoms with Gasteiger partial charge >= 0.3 is 24.3 Å². The van der Waals surface area contributed by atoms with E-state index >= 15 is 0 Å². The summed E-state index contributed by atoms with van der Waals surface area (Å²) in [6.45, 7) is 14.6. The lowest BCUT2D eigenvalue weighted by atomic mass is 9.66. The van der Waals surface area contributed by atoms with Crippen LogP contribution in [0.5, 0.6) is 0 Å². The Morgan fingerprint density at radius 1 is 0.489 bits per heavy atom. The van der Waals surface area contributed by atoms with Crippen molar-refractivity contribution in [2.45, 2.75) is 129 Å². The predicted octanol–water partition coefficient (Wildman–Crippen LogP) is 1.80. The first kappa shape index (κ1) is 60.9. The molecule has 6 aromatic rings. The Morgan fingerprint density at radius 3 is 1.20 bits per heavy atom. The van der Waals surface area contributed by atoms with Gasteiger partial charge in [0.05, 0.1) is 84.3 Å². The van der Waals surface area contributed by atoms with Crippen LogP contribution in [-0.2, 0) is 68.4 Å². The molecule has 0 saturated carbocycles. The van der Waals surface area contributed by atoms with Gasteiger partial charge in [0.1, 0.15) is 6.33 Å². The molecule has 9 aliphatic heterocycles. The average molecular weight is 1270 g/mol. The molecule has 480 valence electrons. The van der Waals surface area contributed by atoms with E-state index in [-0.39, 0.29) is 43.7 Å². The molecule has 15 rings (SSSR count). The number of hydrogen-bond donors (Lipinski definition) is 6. The number of imidazole rings is 1. The third-order valence-electron chi connectivity index (χ3n) is 18.5. The van der Waals surface area contributed by atoms with Crippen LogP contribution in [0, 0.1) is 23.2 Å². The van der Waals surface area contributed by atoms with E-state index in [0.29, 0.717) is 36.6 Å². The van der Waals surface area contributed by atoms with Crippen LogP contribution in [0.4, 0.5) is 44.6 Å². The standard InChI is InChI=1S/C21H20F3N5O4.C20H22N6O4.C18H19N7O4/c1-10-7-29-14-4-3-13(28-8-15(25-9-28)21(22,23)24)5-12(14)6-20(16(29)11(2)33-10)17(30)26-19(32)27-18(20)31;1-10-8-26(24-23-10)14-4-5-15-13(6-14)7-20(17(27)21-19(29)22-18(20)28)16-12(3)30-11(2)9-25(15)16;1-9-7-24-13-4-3-12(25-8-19-22-23-25)5-11(13)6-18(14(24)10(2)29-9)15(26)20-17(28)21-16(18)27/h3-5,8-11,16H,6-7H2,1-2H3,(H2,26,27,30,31,32);4-6,8,11-12,16H,7,9H2,1-3H3,(H2,21,22,27,28,29);3-5,8-10,14H,6-7H2,1-2H3,(H2,20,21,26,27,28)/t10-,11+,16-;11-,12+,16-;9-,10+,14-/m111/s1. The van der Waals surface area contributed by atoms with E-state index < -0.39 is 112 Å². The molecule has 0 aliphatic carbocycles. The molecule has 9 atom stereocenters. The summed E-state index contributed by atoms with van der Waals surface area (Å²) in [5.41, 5.74) is 1.89. The Hall–Kier alpha value is -10.0. The fraction of sp³-hybridized carbons (Fsp3) is 0.441. The van der Waals surface area contributed by atoms with Crippen molar-refractivity contribution in [2.75, 3.05) is 34.3 Å². The molecule has 6 N–H and O–H groups in total. The maximum absolute atomic E-state index is 13.1. The first-order valence-electron chi connectivity index (χ1n) is 29.6. The van der Waals surface area contributed by atoms with E-state index in [9.17, 15) is 56.3 Å². The Balaban J connectivity index is 0.000000126. The number of tetrazole rings is 1. The van der Waals surface area contributed by atoms with Gasteiger partial charge in [0, 0.05) is 48.6 Å². The van der Waals surface area contributed by atoms with Crippen molar-refractivity contribution in [3.05, 3.63) is 108 Å². The van der Waals surface area contributed by atoms with Crippen LogP contribution in [-0.4, -0.2) is 173 Å². The zero-order valence-corrected chi connectivity index (χ0v) is 50.3. The Morgan fingerprint density at radius 2 is 0.859 bits per heavy atom. The van der Waals surface area contributed by atoms with Crippen molar-refractivity contribution in [1.29, 1.82) is 0 Å². The highest BCUT2D eigenvalue weighted by Gasteiger charge is 2.66. The van der Waals surface area contributed by atoms with Crippen LogP contribution in [0.25, 0.3) is 17.1 Å². The summed E-state index contributed by atoms with van der Waals surface area (Å²) in [5.74, 6) is -3.86. The molecule has 30 nitrogen and oxygen atoms in total. The number of amides is 12. The van der Waals surface area contributed by atoms with Crippen molar-refractivity contribution >= 4 is 70.6 Å². The second kappa shape index (κ2) is 22.1. The normalized spacial score (nSPS) is 27.2. The number of barbiturate groups is 3. The molecule has 33 heteroatoms. The molecule has 9 aliphatic rings. The lowest BCUT2D eigenvalue weighted by Gasteiger charge is -2.55. The van der Waals surface area contributed by atoms with Gasteiger partial charge in [-0.3, -0.25) is 60.7 Å². The number of aromatic nitrogens is 9. The number of morpholine rings is 3. The minimum Gasteiger partial charge on any atom is -0.372 e. The number of nitrogens with zero attached hydrogens (tertiary/aromatic N) is 12. The van der Waals surface area contributed by atoms with E-state index in [4.69, 9.17) is 14.2 Å². The Labute approximate surface area is 520 Å². The number of benzene rings is 3. The highest BCUT2D eigenvalue weighted by Crippen LogP contribution is 2.51. The van der Waals surface area contributed by atoms with Gasteiger partial charge < -0.3 is 33.5 Å². The van der Waals surface area contributed by atoms with Crippen molar-refractivity contribution in [1.82, 2.24) is 76.7 Å². The van der Waals surface area contributed by atoms with Gasteiger partial charge in [-0.15, -0.1) is 10.2 Å². The predicted molar refractivity (Wildman–Crippen MR) is 311 cm³/mol. The molecular formula is C59H61F3N18O12. The monoisotopic (exact) mass is 1270 g/mol. The molecule has 0 bridgehead atoms. The van der Waals surface area contributed by atoms with Crippen LogP contribution in [0.15, 0.2) is 79.6 Å². The number of aryl methyl sites for hydroxylation is 1. The first-order valence-corrected chi connectivity index (χ1v) is 29.6. The molecule has 6 saturated heterocycles. The molecular weight excluding hydrogens is 1210 g/mol. The molecule has 92 heavy (non-hydrogen) atoms. The van der Waals surface area contributed by atoms with Crippen molar-refractivity contribution in [3.63, 3.8) is 0 Å². The van der Waals surface area contributed by atoms with Crippen LogP contribution in [0.2, 0.25) is 0 Å².